The van der Waals surface area contributed by atoms with E-state index in [1.54, 1.807) is 24.8 Å². The smallest absolute Gasteiger partial charge is 0.147 e. The van der Waals surface area contributed by atoms with Crippen molar-refractivity contribution in [1.29, 1.82) is 0 Å². The minimum absolute atomic E-state index is 0.671. The van der Waals surface area contributed by atoms with Crippen molar-refractivity contribution in [2.45, 2.75) is 19.6 Å². The number of hydrogen-bond donors (Lipinski definition) is 0. The van der Waals surface area contributed by atoms with Crippen LogP contribution in [0, 0.1) is 0 Å². The van der Waals surface area contributed by atoms with E-state index in [-0.39, 0.29) is 0 Å². The number of rotatable bonds is 7. The molecule has 0 aliphatic carbocycles. The maximum Gasteiger partial charge on any atom is 0.147 e. The highest BCUT2D eigenvalue weighted by Gasteiger charge is 2.10. The lowest BCUT2D eigenvalue weighted by Gasteiger charge is -2.16. The second kappa shape index (κ2) is 7.00. The standard InChI is InChI=1S/C16H20N4OS/c1-19(10-16-18-17-12-20(16)7-8-21-2)9-13-11-22-15-6-4-3-5-14(13)15/h3-6,11-12H,7-10H2,1-2H3. The van der Waals surface area contributed by atoms with Gasteiger partial charge in [-0.3, -0.25) is 4.90 Å². The lowest BCUT2D eigenvalue weighted by atomic mass is 10.2. The zero-order chi connectivity index (χ0) is 15.4. The average Bonchev–Trinajstić information content (AvgIpc) is 3.13. The Bertz CT molecular complexity index is 736. The van der Waals surface area contributed by atoms with Crippen LogP contribution in [0.5, 0.6) is 0 Å². The Balaban J connectivity index is 1.67. The van der Waals surface area contributed by atoms with E-state index in [9.17, 15) is 0 Å². The van der Waals surface area contributed by atoms with E-state index < -0.39 is 0 Å². The third-order valence-corrected chi connectivity index (χ3v) is 4.66. The quantitative estimate of drug-likeness (QED) is 0.672. The van der Waals surface area contributed by atoms with Crippen molar-refractivity contribution >= 4 is 21.4 Å². The first-order valence-corrected chi connectivity index (χ1v) is 8.15. The van der Waals surface area contributed by atoms with Crippen LogP contribution in [-0.4, -0.2) is 40.4 Å². The molecule has 0 unspecified atom stereocenters. The van der Waals surface area contributed by atoms with Crippen LogP contribution >= 0.6 is 11.3 Å². The SMILES string of the molecule is COCCn1cnnc1CN(C)Cc1csc2ccccc12. The molecule has 0 saturated heterocycles. The van der Waals surface area contributed by atoms with Gasteiger partial charge in [-0.2, -0.15) is 0 Å². The van der Waals surface area contributed by atoms with Gasteiger partial charge in [0, 0.05) is 24.9 Å². The molecule has 0 spiro atoms. The summed E-state index contributed by atoms with van der Waals surface area (Å²) in [7, 11) is 3.82. The largest absolute Gasteiger partial charge is 0.383 e. The highest BCUT2D eigenvalue weighted by Crippen LogP contribution is 2.26. The number of thiophene rings is 1. The Morgan fingerprint density at radius 1 is 1.27 bits per heavy atom. The molecular formula is C16H20N4OS. The summed E-state index contributed by atoms with van der Waals surface area (Å²) in [5, 5.41) is 11.8. The third-order valence-electron chi connectivity index (χ3n) is 3.64. The topological polar surface area (TPSA) is 43.2 Å². The highest BCUT2D eigenvalue weighted by molar-refractivity contribution is 7.17. The third kappa shape index (κ3) is 3.35. The number of benzene rings is 1. The molecule has 2 heterocycles. The Morgan fingerprint density at radius 3 is 3.00 bits per heavy atom. The minimum Gasteiger partial charge on any atom is -0.383 e. The second-order valence-electron chi connectivity index (χ2n) is 5.36. The molecule has 3 aromatic rings. The number of ether oxygens (including phenoxy) is 1. The molecule has 6 heteroatoms. The molecule has 0 N–H and O–H groups in total. The number of nitrogens with zero attached hydrogens (tertiary/aromatic N) is 4. The fraction of sp³-hybridized carbons (Fsp3) is 0.375. The van der Waals surface area contributed by atoms with Crippen LogP contribution < -0.4 is 0 Å². The van der Waals surface area contributed by atoms with E-state index >= 15 is 0 Å². The van der Waals surface area contributed by atoms with Gasteiger partial charge in [0.25, 0.3) is 0 Å². The Morgan fingerprint density at radius 2 is 2.14 bits per heavy atom. The van der Waals surface area contributed by atoms with Crippen molar-refractivity contribution in [1.82, 2.24) is 19.7 Å². The van der Waals surface area contributed by atoms with Crippen LogP contribution in [0.25, 0.3) is 10.1 Å². The summed E-state index contributed by atoms with van der Waals surface area (Å²) < 4.78 is 8.51. The molecule has 3 rings (SSSR count). The molecule has 0 amide bonds. The molecule has 5 nitrogen and oxygen atoms in total. The minimum atomic E-state index is 0.671. The molecule has 0 aliphatic heterocycles. The Labute approximate surface area is 134 Å². The average molecular weight is 316 g/mol. The zero-order valence-corrected chi connectivity index (χ0v) is 13.7. The van der Waals surface area contributed by atoms with Crippen LogP contribution in [0.1, 0.15) is 11.4 Å². The summed E-state index contributed by atoms with van der Waals surface area (Å²) in [4.78, 5) is 2.27. The maximum absolute atomic E-state index is 5.12. The molecule has 0 radical (unpaired) electrons. The van der Waals surface area contributed by atoms with Crippen molar-refractivity contribution in [3.63, 3.8) is 0 Å². The molecule has 0 saturated carbocycles. The highest BCUT2D eigenvalue weighted by atomic mass is 32.1. The summed E-state index contributed by atoms with van der Waals surface area (Å²) in [6.45, 7) is 3.13. The number of methoxy groups -OCH3 is 1. The molecular weight excluding hydrogens is 296 g/mol. The van der Waals surface area contributed by atoms with E-state index in [2.05, 4.69) is 51.8 Å². The molecule has 0 bridgehead atoms. The monoisotopic (exact) mass is 316 g/mol. The van der Waals surface area contributed by atoms with E-state index in [0.29, 0.717) is 6.61 Å². The van der Waals surface area contributed by atoms with Crippen molar-refractivity contribution in [3.05, 3.63) is 47.4 Å². The summed E-state index contributed by atoms with van der Waals surface area (Å²) in [6, 6.07) is 8.55. The fourth-order valence-electron chi connectivity index (χ4n) is 2.52. The molecule has 0 aliphatic rings. The zero-order valence-electron chi connectivity index (χ0n) is 12.9. The van der Waals surface area contributed by atoms with Crippen LogP contribution in [0.4, 0.5) is 0 Å². The van der Waals surface area contributed by atoms with Gasteiger partial charge in [-0.25, -0.2) is 0 Å². The first-order chi connectivity index (χ1) is 10.8. The van der Waals surface area contributed by atoms with Crippen molar-refractivity contribution in [3.8, 4) is 0 Å². The first-order valence-electron chi connectivity index (χ1n) is 7.27. The van der Waals surface area contributed by atoms with Crippen LogP contribution in [-0.2, 0) is 24.4 Å². The molecule has 2 aromatic heterocycles. The van der Waals surface area contributed by atoms with Gasteiger partial charge in [0.15, 0.2) is 0 Å². The molecule has 0 atom stereocenters. The Hall–Kier alpha value is -1.76. The fourth-order valence-corrected chi connectivity index (χ4v) is 3.48. The maximum atomic E-state index is 5.12. The normalized spacial score (nSPS) is 11.6. The van der Waals surface area contributed by atoms with Gasteiger partial charge in [0.1, 0.15) is 12.2 Å². The second-order valence-corrected chi connectivity index (χ2v) is 6.27. The van der Waals surface area contributed by atoms with E-state index in [1.807, 2.05) is 4.57 Å². The van der Waals surface area contributed by atoms with E-state index in [0.717, 1.165) is 25.5 Å². The number of aromatic nitrogens is 3. The lowest BCUT2D eigenvalue weighted by molar-refractivity contribution is 0.184. The van der Waals surface area contributed by atoms with Gasteiger partial charge in [-0.15, -0.1) is 21.5 Å². The molecule has 22 heavy (non-hydrogen) atoms. The van der Waals surface area contributed by atoms with Crippen LogP contribution in [0.15, 0.2) is 36.0 Å². The number of hydrogen-bond acceptors (Lipinski definition) is 5. The van der Waals surface area contributed by atoms with Gasteiger partial charge in [-0.1, -0.05) is 18.2 Å². The van der Waals surface area contributed by atoms with Gasteiger partial charge < -0.3 is 9.30 Å². The van der Waals surface area contributed by atoms with Gasteiger partial charge >= 0.3 is 0 Å². The van der Waals surface area contributed by atoms with Crippen LogP contribution in [0.2, 0.25) is 0 Å². The Kier molecular flexibility index (Phi) is 4.82. The van der Waals surface area contributed by atoms with Gasteiger partial charge in [-0.05, 0) is 29.4 Å². The first kappa shape index (κ1) is 15.1. The summed E-state index contributed by atoms with van der Waals surface area (Å²) in [5.74, 6) is 0.971. The van der Waals surface area contributed by atoms with Crippen molar-refractivity contribution in [2.24, 2.45) is 0 Å². The lowest BCUT2D eigenvalue weighted by Crippen LogP contribution is -2.20. The summed E-state index contributed by atoms with van der Waals surface area (Å²) >= 11 is 1.80. The van der Waals surface area contributed by atoms with E-state index in [4.69, 9.17) is 4.74 Å². The predicted molar refractivity (Wildman–Crippen MR) is 88.9 cm³/mol. The molecule has 1 aromatic carbocycles. The summed E-state index contributed by atoms with van der Waals surface area (Å²) in [5.41, 5.74) is 1.37. The number of fused-ring (bicyclic) bond motifs is 1. The van der Waals surface area contributed by atoms with E-state index in [1.165, 1.54) is 15.6 Å². The van der Waals surface area contributed by atoms with Crippen LogP contribution in [0.3, 0.4) is 0 Å². The molecule has 0 fully saturated rings. The van der Waals surface area contributed by atoms with Gasteiger partial charge in [0.2, 0.25) is 0 Å². The van der Waals surface area contributed by atoms with Crippen molar-refractivity contribution in [2.75, 3.05) is 20.8 Å². The van der Waals surface area contributed by atoms with Gasteiger partial charge in [0.05, 0.1) is 13.2 Å². The molecule has 116 valence electrons. The summed E-state index contributed by atoms with van der Waals surface area (Å²) in [6.07, 6.45) is 1.77. The predicted octanol–water partition coefficient (Wildman–Crippen LogP) is 2.77. The van der Waals surface area contributed by atoms with Crippen molar-refractivity contribution < 1.29 is 4.74 Å².